The molecule has 14 heavy (non-hydrogen) atoms. The van der Waals surface area contributed by atoms with E-state index in [4.69, 9.17) is 9.47 Å². The Balaban J connectivity index is 1.99. The van der Waals surface area contributed by atoms with Gasteiger partial charge in [0, 0.05) is 12.1 Å². The Morgan fingerprint density at radius 3 is 2.93 bits per heavy atom. The van der Waals surface area contributed by atoms with Crippen LogP contribution in [0.3, 0.4) is 0 Å². The fourth-order valence-electron chi connectivity index (χ4n) is 1.17. The zero-order valence-electron chi connectivity index (χ0n) is 8.05. The third kappa shape index (κ3) is 2.16. The number of hydrogen-bond acceptors (Lipinski definition) is 2. The molecule has 0 N–H and O–H groups in total. The molecule has 0 unspecified atom stereocenters. The van der Waals surface area contributed by atoms with E-state index in [9.17, 15) is 4.39 Å². The van der Waals surface area contributed by atoms with Gasteiger partial charge in [-0.2, -0.15) is 0 Å². The molecule has 0 heterocycles. The van der Waals surface area contributed by atoms with Gasteiger partial charge in [0.25, 0.3) is 0 Å². The average molecular weight is 195 g/mol. The summed E-state index contributed by atoms with van der Waals surface area (Å²) in [5, 5.41) is 0. The van der Waals surface area contributed by atoms with Crippen molar-refractivity contribution in [3.05, 3.63) is 24.0 Å². The van der Waals surface area contributed by atoms with Crippen molar-refractivity contribution in [3.63, 3.8) is 0 Å². The van der Waals surface area contributed by atoms with Gasteiger partial charge in [0.05, 0.1) is 13.7 Å². The van der Waals surface area contributed by atoms with Crippen LogP contribution in [0.4, 0.5) is 4.39 Å². The van der Waals surface area contributed by atoms with Gasteiger partial charge in [0.15, 0.2) is 11.6 Å². The zero-order valence-corrected chi connectivity index (χ0v) is 8.05. The molecule has 1 fully saturated rings. The van der Waals surface area contributed by atoms with Crippen molar-refractivity contribution in [2.45, 2.75) is 12.8 Å². The molecule has 0 amide bonds. The fraction of sp³-hybridized carbons (Fsp3) is 0.455. The molecule has 75 valence electrons. The van der Waals surface area contributed by atoms with Crippen molar-refractivity contribution in [3.8, 4) is 11.5 Å². The predicted octanol–water partition coefficient (Wildman–Crippen LogP) is 2.42. The van der Waals surface area contributed by atoms with E-state index in [2.05, 4.69) is 6.07 Å². The summed E-state index contributed by atoms with van der Waals surface area (Å²) in [4.78, 5) is 0. The number of methoxy groups -OCH3 is 1. The van der Waals surface area contributed by atoms with Gasteiger partial charge in [0.1, 0.15) is 5.75 Å². The Labute approximate surface area is 82.6 Å². The lowest BCUT2D eigenvalue weighted by Crippen LogP contribution is -1.99. The SMILES string of the molecule is COc1c[c]c(OCC2CC2)cc1F. The van der Waals surface area contributed by atoms with Crippen molar-refractivity contribution in [1.82, 2.24) is 0 Å². The molecule has 1 aromatic carbocycles. The van der Waals surface area contributed by atoms with Gasteiger partial charge in [-0.25, -0.2) is 4.39 Å². The Bertz CT molecular complexity index is 321. The van der Waals surface area contributed by atoms with Crippen LogP contribution in [0.2, 0.25) is 0 Å². The normalized spacial score (nSPS) is 15.3. The fourth-order valence-corrected chi connectivity index (χ4v) is 1.17. The third-order valence-corrected chi connectivity index (χ3v) is 2.23. The molecule has 0 bridgehead atoms. The summed E-state index contributed by atoms with van der Waals surface area (Å²) in [7, 11) is 1.43. The van der Waals surface area contributed by atoms with Crippen LogP contribution in [0.25, 0.3) is 0 Å². The topological polar surface area (TPSA) is 18.5 Å². The van der Waals surface area contributed by atoms with Crippen LogP contribution in [0.5, 0.6) is 11.5 Å². The van der Waals surface area contributed by atoms with Gasteiger partial charge in [0.2, 0.25) is 0 Å². The van der Waals surface area contributed by atoms with E-state index in [0.717, 1.165) is 0 Å². The van der Waals surface area contributed by atoms with Gasteiger partial charge in [-0.15, -0.1) is 0 Å². The largest absolute Gasteiger partial charge is 0.494 e. The van der Waals surface area contributed by atoms with Gasteiger partial charge in [-0.1, -0.05) is 0 Å². The second-order valence-electron chi connectivity index (χ2n) is 3.47. The highest BCUT2D eigenvalue weighted by molar-refractivity contribution is 5.31. The lowest BCUT2D eigenvalue weighted by atomic mass is 10.3. The van der Waals surface area contributed by atoms with E-state index in [-0.39, 0.29) is 5.75 Å². The molecule has 1 aliphatic rings. The number of ether oxygens (including phenoxy) is 2. The molecule has 1 aromatic rings. The van der Waals surface area contributed by atoms with E-state index < -0.39 is 5.82 Å². The summed E-state index contributed by atoms with van der Waals surface area (Å²) in [6.45, 7) is 0.669. The first kappa shape index (κ1) is 9.31. The Kier molecular flexibility index (Phi) is 2.57. The molecule has 0 atom stereocenters. The van der Waals surface area contributed by atoms with Gasteiger partial charge >= 0.3 is 0 Å². The summed E-state index contributed by atoms with van der Waals surface area (Å²) < 4.78 is 23.3. The summed E-state index contributed by atoms with van der Waals surface area (Å²) in [6, 6.07) is 5.59. The zero-order chi connectivity index (χ0) is 9.97. The maximum Gasteiger partial charge on any atom is 0.168 e. The smallest absolute Gasteiger partial charge is 0.168 e. The average Bonchev–Trinajstić information content (AvgIpc) is 2.98. The maximum atomic E-state index is 13.2. The molecule has 0 aliphatic heterocycles. The molecule has 0 spiro atoms. The minimum Gasteiger partial charge on any atom is -0.494 e. The number of hydrogen-bond donors (Lipinski definition) is 0. The molecule has 1 radical (unpaired) electrons. The molecule has 1 aliphatic carbocycles. The molecule has 3 heteroatoms. The van der Waals surface area contributed by atoms with Crippen molar-refractivity contribution >= 4 is 0 Å². The van der Waals surface area contributed by atoms with Crippen molar-refractivity contribution in [1.29, 1.82) is 0 Å². The maximum absolute atomic E-state index is 13.2. The summed E-state index contributed by atoms with van der Waals surface area (Å²) in [5.74, 6) is 0.907. The van der Waals surface area contributed by atoms with Gasteiger partial charge in [-0.05, 0) is 24.8 Å². The Morgan fingerprint density at radius 2 is 2.36 bits per heavy atom. The standard InChI is InChI=1S/C11H12FO2/c1-13-11-5-4-9(6-10(11)12)14-7-8-2-3-8/h5-6,8H,2-3,7H2,1H3. The van der Waals surface area contributed by atoms with E-state index in [1.165, 1.54) is 32.1 Å². The van der Waals surface area contributed by atoms with Crippen molar-refractivity contribution in [2.24, 2.45) is 5.92 Å². The first-order valence-corrected chi connectivity index (χ1v) is 4.67. The Hall–Kier alpha value is -1.25. The quantitative estimate of drug-likeness (QED) is 0.734. The second kappa shape index (κ2) is 3.86. The number of benzene rings is 1. The lowest BCUT2D eigenvalue weighted by molar-refractivity contribution is 0.296. The highest BCUT2D eigenvalue weighted by atomic mass is 19.1. The third-order valence-electron chi connectivity index (χ3n) is 2.23. The van der Waals surface area contributed by atoms with Crippen LogP contribution < -0.4 is 9.47 Å². The van der Waals surface area contributed by atoms with Gasteiger partial charge in [-0.3, -0.25) is 0 Å². The molecule has 1 saturated carbocycles. The predicted molar refractivity (Wildman–Crippen MR) is 50.0 cm³/mol. The summed E-state index contributed by atoms with van der Waals surface area (Å²) in [6.07, 6.45) is 2.44. The minimum atomic E-state index is -0.406. The molecule has 0 aromatic heterocycles. The molecular formula is C11H12FO2. The first-order chi connectivity index (χ1) is 6.79. The number of rotatable bonds is 4. The van der Waals surface area contributed by atoms with Crippen LogP contribution >= 0.6 is 0 Å². The van der Waals surface area contributed by atoms with E-state index >= 15 is 0 Å². The molecule has 2 rings (SSSR count). The monoisotopic (exact) mass is 195 g/mol. The first-order valence-electron chi connectivity index (χ1n) is 4.67. The molecule has 2 nitrogen and oxygen atoms in total. The second-order valence-corrected chi connectivity index (χ2v) is 3.47. The van der Waals surface area contributed by atoms with Crippen LogP contribution in [0.1, 0.15) is 12.8 Å². The van der Waals surface area contributed by atoms with Crippen LogP contribution in [-0.2, 0) is 0 Å². The number of halogens is 1. The minimum absolute atomic E-state index is 0.198. The lowest BCUT2D eigenvalue weighted by Gasteiger charge is -2.06. The van der Waals surface area contributed by atoms with Gasteiger partial charge < -0.3 is 9.47 Å². The van der Waals surface area contributed by atoms with Crippen LogP contribution in [0.15, 0.2) is 12.1 Å². The van der Waals surface area contributed by atoms with E-state index in [0.29, 0.717) is 18.3 Å². The summed E-state index contributed by atoms with van der Waals surface area (Å²) >= 11 is 0. The van der Waals surface area contributed by atoms with Crippen LogP contribution in [-0.4, -0.2) is 13.7 Å². The van der Waals surface area contributed by atoms with E-state index in [1.807, 2.05) is 0 Å². The van der Waals surface area contributed by atoms with Crippen LogP contribution in [0, 0.1) is 17.8 Å². The molecular weight excluding hydrogens is 183 g/mol. The Morgan fingerprint density at radius 1 is 1.57 bits per heavy atom. The highest BCUT2D eigenvalue weighted by Crippen LogP contribution is 2.30. The van der Waals surface area contributed by atoms with Crippen molar-refractivity contribution < 1.29 is 13.9 Å². The van der Waals surface area contributed by atoms with E-state index in [1.54, 1.807) is 0 Å². The highest BCUT2D eigenvalue weighted by Gasteiger charge is 2.22. The summed E-state index contributed by atoms with van der Waals surface area (Å²) in [5.41, 5.74) is 0. The van der Waals surface area contributed by atoms with Crippen molar-refractivity contribution in [2.75, 3.05) is 13.7 Å². The molecule has 0 saturated heterocycles.